The summed E-state index contributed by atoms with van der Waals surface area (Å²) in [5.74, 6) is -0.495. The van der Waals surface area contributed by atoms with E-state index in [4.69, 9.17) is 4.74 Å². The average Bonchev–Trinajstić information content (AvgIpc) is 2.93. The molecule has 1 aliphatic carbocycles. The maximum atomic E-state index is 12.8. The van der Waals surface area contributed by atoms with Crippen LogP contribution in [0.5, 0.6) is 0 Å². The number of carbonyl (C=O) groups excluding carboxylic acids is 3. The number of benzene rings is 1. The van der Waals surface area contributed by atoms with Crippen molar-refractivity contribution in [3.8, 4) is 0 Å². The molecule has 0 radical (unpaired) electrons. The zero-order valence-corrected chi connectivity index (χ0v) is 16.4. The van der Waals surface area contributed by atoms with E-state index >= 15 is 0 Å². The lowest BCUT2D eigenvalue weighted by atomic mass is 9.73. The molecular formula is C21H29N3O4. The van der Waals surface area contributed by atoms with Gasteiger partial charge in [0.15, 0.2) is 0 Å². The van der Waals surface area contributed by atoms with Crippen molar-refractivity contribution in [2.75, 3.05) is 19.7 Å². The van der Waals surface area contributed by atoms with E-state index in [0.717, 1.165) is 29.7 Å². The van der Waals surface area contributed by atoms with Crippen molar-refractivity contribution in [3.05, 3.63) is 35.9 Å². The second-order valence-corrected chi connectivity index (χ2v) is 7.68. The Balaban J connectivity index is 1.37. The van der Waals surface area contributed by atoms with Crippen LogP contribution in [0.25, 0.3) is 0 Å². The van der Waals surface area contributed by atoms with Crippen molar-refractivity contribution in [1.82, 2.24) is 15.5 Å². The van der Waals surface area contributed by atoms with Crippen LogP contribution in [-0.4, -0.2) is 48.0 Å². The van der Waals surface area contributed by atoms with Crippen molar-refractivity contribution >= 4 is 17.8 Å². The van der Waals surface area contributed by atoms with Gasteiger partial charge in [-0.3, -0.25) is 14.5 Å². The lowest BCUT2D eigenvalue weighted by Gasteiger charge is -2.36. The summed E-state index contributed by atoms with van der Waals surface area (Å²) in [4.78, 5) is 38.3. The quantitative estimate of drug-likeness (QED) is 0.529. The van der Waals surface area contributed by atoms with Gasteiger partial charge in [-0.2, -0.15) is 0 Å². The molecular weight excluding hydrogens is 358 g/mol. The topological polar surface area (TPSA) is 87.7 Å². The summed E-state index contributed by atoms with van der Waals surface area (Å²) in [6.45, 7) is 3.27. The van der Waals surface area contributed by atoms with E-state index in [-0.39, 0.29) is 24.3 Å². The molecule has 2 unspecified atom stereocenters. The Bertz CT molecular complexity index is 709. The molecule has 152 valence electrons. The summed E-state index contributed by atoms with van der Waals surface area (Å²) in [6, 6.07) is 9.43. The zero-order chi connectivity index (χ0) is 20.0. The molecule has 1 heterocycles. The molecule has 28 heavy (non-hydrogen) atoms. The molecule has 2 N–H and O–H groups in total. The molecule has 3 rings (SSSR count). The summed E-state index contributed by atoms with van der Waals surface area (Å²) >= 11 is 0. The van der Waals surface area contributed by atoms with Gasteiger partial charge in [0.2, 0.25) is 5.91 Å². The molecule has 1 saturated carbocycles. The van der Waals surface area contributed by atoms with Crippen molar-refractivity contribution in [2.24, 2.45) is 5.92 Å². The first-order valence-electron chi connectivity index (χ1n) is 10.1. The van der Waals surface area contributed by atoms with E-state index in [1.807, 2.05) is 37.3 Å². The van der Waals surface area contributed by atoms with Crippen LogP contribution in [0.15, 0.2) is 30.3 Å². The highest BCUT2D eigenvalue weighted by atomic mass is 16.5. The standard InChI is InChI=1S/C21H29N3O4/c1-16-8-5-6-11-21(16)19(26)24(20(27)23-21)14-18(25)22-12-7-13-28-15-17-9-3-2-4-10-17/h2-4,9-10,16H,5-8,11-15H2,1H3,(H,22,25)(H,23,27). The Kier molecular flexibility index (Phi) is 6.67. The monoisotopic (exact) mass is 387 g/mol. The van der Waals surface area contributed by atoms with Gasteiger partial charge in [-0.25, -0.2) is 4.79 Å². The molecule has 7 nitrogen and oxygen atoms in total. The maximum Gasteiger partial charge on any atom is 0.325 e. The fourth-order valence-corrected chi connectivity index (χ4v) is 4.00. The fourth-order valence-electron chi connectivity index (χ4n) is 4.00. The van der Waals surface area contributed by atoms with Gasteiger partial charge in [0.05, 0.1) is 6.61 Å². The first-order chi connectivity index (χ1) is 13.5. The average molecular weight is 387 g/mol. The van der Waals surface area contributed by atoms with Gasteiger partial charge in [-0.15, -0.1) is 0 Å². The highest BCUT2D eigenvalue weighted by molar-refractivity contribution is 6.09. The highest BCUT2D eigenvalue weighted by Crippen LogP contribution is 2.38. The summed E-state index contributed by atoms with van der Waals surface area (Å²) < 4.78 is 5.58. The molecule has 1 aromatic carbocycles. The van der Waals surface area contributed by atoms with Crippen molar-refractivity contribution in [3.63, 3.8) is 0 Å². The summed E-state index contributed by atoms with van der Waals surface area (Å²) in [5.41, 5.74) is 0.289. The number of ether oxygens (including phenoxy) is 1. The Morgan fingerprint density at radius 1 is 1.29 bits per heavy atom. The highest BCUT2D eigenvalue weighted by Gasteiger charge is 2.55. The molecule has 4 amide bonds. The van der Waals surface area contributed by atoms with E-state index < -0.39 is 11.6 Å². The van der Waals surface area contributed by atoms with Gasteiger partial charge in [-0.1, -0.05) is 50.1 Å². The number of urea groups is 1. The molecule has 1 saturated heterocycles. The number of nitrogens with zero attached hydrogens (tertiary/aromatic N) is 1. The van der Waals surface area contributed by atoms with Crippen LogP contribution in [0, 0.1) is 5.92 Å². The van der Waals surface area contributed by atoms with Crippen molar-refractivity contribution < 1.29 is 19.1 Å². The second-order valence-electron chi connectivity index (χ2n) is 7.68. The lowest BCUT2D eigenvalue weighted by molar-refractivity contribution is -0.137. The Labute approximate surface area is 165 Å². The number of hydrogen-bond donors (Lipinski definition) is 2. The van der Waals surface area contributed by atoms with E-state index in [2.05, 4.69) is 10.6 Å². The SMILES string of the molecule is CC1CCCCC12NC(=O)N(CC(=O)NCCCOCc1ccccc1)C2=O. The number of imide groups is 1. The predicted octanol–water partition coefficient (Wildman–Crippen LogP) is 2.21. The molecule has 1 spiro atoms. The summed E-state index contributed by atoms with van der Waals surface area (Å²) in [5, 5.41) is 5.62. The number of rotatable bonds is 8. The Morgan fingerprint density at radius 3 is 2.82 bits per heavy atom. The van der Waals surface area contributed by atoms with E-state index in [1.54, 1.807) is 0 Å². The third-order valence-electron chi connectivity index (χ3n) is 5.70. The Morgan fingerprint density at radius 2 is 2.07 bits per heavy atom. The predicted molar refractivity (Wildman–Crippen MR) is 104 cm³/mol. The van der Waals surface area contributed by atoms with E-state index in [1.165, 1.54) is 0 Å². The molecule has 0 bridgehead atoms. The van der Waals surface area contributed by atoms with E-state index in [9.17, 15) is 14.4 Å². The lowest BCUT2D eigenvalue weighted by Crippen LogP contribution is -2.54. The first-order valence-corrected chi connectivity index (χ1v) is 10.1. The molecule has 0 aromatic heterocycles. The first kappa shape index (κ1) is 20.3. The van der Waals surface area contributed by atoms with Crippen LogP contribution in [-0.2, 0) is 20.9 Å². The van der Waals surface area contributed by atoms with Crippen LogP contribution in [0.1, 0.15) is 44.6 Å². The second kappa shape index (κ2) is 9.19. The van der Waals surface area contributed by atoms with Gasteiger partial charge in [0, 0.05) is 13.2 Å². The third-order valence-corrected chi connectivity index (χ3v) is 5.70. The maximum absolute atomic E-state index is 12.8. The number of hydrogen-bond acceptors (Lipinski definition) is 4. The number of carbonyl (C=O) groups is 3. The van der Waals surface area contributed by atoms with Gasteiger partial charge < -0.3 is 15.4 Å². The van der Waals surface area contributed by atoms with Crippen LogP contribution >= 0.6 is 0 Å². The fraction of sp³-hybridized carbons (Fsp3) is 0.571. The van der Waals surface area contributed by atoms with Crippen LogP contribution in [0.2, 0.25) is 0 Å². The normalized spacial score (nSPS) is 24.5. The number of nitrogens with one attached hydrogen (secondary N) is 2. The van der Waals surface area contributed by atoms with Crippen LogP contribution < -0.4 is 10.6 Å². The molecule has 2 aliphatic rings. The zero-order valence-electron chi connectivity index (χ0n) is 16.4. The minimum absolute atomic E-state index is 0.0903. The summed E-state index contributed by atoms with van der Waals surface area (Å²) in [7, 11) is 0. The Hall–Kier alpha value is -2.41. The molecule has 7 heteroatoms. The van der Waals surface area contributed by atoms with Crippen LogP contribution in [0.4, 0.5) is 4.79 Å². The third kappa shape index (κ3) is 4.52. The molecule has 2 atom stereocenters. The van der Waals surface area contributed by atoms with Gasteiger partial charge in [0.1, 0.15) is 12.1 Å². The minimum atomic E-state index is -0.819. The largest absolute Gasteiger partial charge is 0.377 e. The minimum Gasteiger partial charge on any atom is -0.377 e. The molecule has 2 fully saturated rings. The molecule has 1 aromatic rings. The van der Waals surface area contributed by atoms with Gasteiger partial charge in [-0.05, 0) is 30.7 Å². The smallest absolute Gasteiger partial charge is 0.325 e. The van der Waals surface area contributed by atoms with Crippen LogP contribution in [0.3, 0.4) is 0 Å². The van der Waals surface area contributed by atoms with Gasteiger partial charge in [0.25, 0.3) is 5.91 Å². The number of amides is 4. The summed E-state index contributed by atoms with van der Waals surface area (Å²) in [6.07, 6.45) is 4.21. The van der Waals surface area contributed by atoms with Crippen molar-refractivity contribution in [1.29, 1.82) is 0 Å². The molecule has 1 aliphatic heterocycles. The van der Waals surface area contributed by atoms with E-state index in [0.29, 0.717) is 32.6 Å². The van der Waals surface area contributed by atoms with Crippen molar-refractivity contribution in [2.45, 2.75) is 51.2 Å². The van der Waals surface area contributed by atoms with Gasteiger partial charge >= 0.3 is 6.03 Å².